The van der Waals surface area contributed by atoms with Gasteiger partial charge in [-0.15, -0.1) is 0 Å². The summed E-state index contributed by atoms with van der Waals surface area (Å²) < 4.78 is 38.3. The SMILES string of the molecule is CC1=C(CC(C(=O)O)C(C)(C)C)C(=O)N(Nc2ccc(C(F)(F)F)c(Cl)n2)C1=O. The van der Waals surface area contributed by atoms with Crippen LogP contribution in [0.25, 0.3) is 0 Å². The largest absolute Gasteiger partial charge is 0.481 e. The fraction of sp³-hybridized carbons (Fsp3) is 0.444. The maximum absolute atomic E-state index is 12.8. The third kappa shape index (κ3) is 4.69. The molecule has 0 radical (unpaired) electrons. The van der Waals surface area contributed by atoms with Crippen molar-refractivity contribution in [2.75, 3.05) is 5.43 Å². The van der Waals surface area contributed by atoms with Crippen molar-refractivity contribution in [1.29, 1.82) is 0 Å². The summed E-state index contributed by atoms with van der Waals surface area (Å²) in [6, 6.07) is 1.60. The predicted octanol–water partition coefficient (Wildman–Crippen LogP) is 3.90. The summed E-state index contributed by atoms with van der Waals surface area (Å²) >= 11 is 5.55. The molecule has 7 nitrogen and oxygen atoms in total. The van der Waals surface area contributed by atoms with E-state index in [1.165, 1.54) is 6.92 Å². The van der Waals surface area contributed by atoms with Crippen molar-refractivity contribution in [2.45, 2.75) is 40.3 Å². The summed E-state index contributed by atoms with van der Waals surface area (Å²) in [5, 5.41) is 9.21. The van der Waals surface area contributed by atoms with E-state index < -0.39 is 46.0 Å². The van der Waals surface area contributed by atoms with Gasteiger partial charge < -0.3 is 5.11 Å². The molecule has 0 spiro atoms. The minimum atomic E-state index is -4.70. The lowest BCUT2D eigenvalue weighted by Crippen LogP contribution is -2.38. The smallest absolute Gasteiger partial charge is 0.419 e. The van der Waals surface area contributed by atoms with E-state index in [1.807, 2.05) is 0 Å². The minimum Gasteiger partial charge on any atom is -0.481 e. The van der Waals surface area contributed by atoms with Gasteiger partial charge in [-0.05, 0) is 30.9 Å². The molecule has 0 bridgehead atoms. The lowest BCUT2D eigenvalue weighted by Gasteiger charge is -2.27. The van der Waals surface area contributed by atoms with Gasteiger partial charge in [0.1, 0.15) is 11.0 Å². The van der Waals surface area contributed by atoms with Gasteiger partial charge in [-0.1, -0.05) is 32.4 Å². The van der Waals surface area contributed by atoms with Gasteiger partial charge in [0.05, 0.1) is 11.5 Å². The Hall–Kier alpha value is -2.62. The molecule has 2 amide bonds. The van der Waals surface area contributed by atoms with Crippen LogP contribution in [0.4, 0.5) is 19.0 Å². The first-order valence-corrected chi connectivity index (χ1v) is 8.84. The van der Waals surface area contributed by atoms with Crippen LogP contribution < -0.4 is 5.43 Å². The number of amides is 2. The van der Waals surface area contributed by atoms with Gasteiger partial charge in [-0.25, -0.2) is 4.98 Å². The maximum Gasteiger partial charge on any atom is 0.419 e. The molecule has 2 N–H and O–H groups in total. The Kier molecular flexibility index (Phi) is 5.99. The van der Waals surface area contributed by atoms with Gasteiger partial charge in [0.25, 0.3) is 11.8 Å². The van der Waals surface area contributed by atoms with E-state index in [1.54, 1.807) is 20.8 Å². The summed E-state index contributed by atoms with van der Waals surface area (Å²) in [7, 11) is 0. The lowest BCUT2D eigenvalue weighted by atomic mass is 9.77. The van der Waals surface area contributed by atoms with Crippen molar-refractivity contribution < 1.29 is 32.7 Å². The highest BCUT2D eigenvalue weighted by molar-refractivity contribution is 6.30. The number of carboxylic acid groups (broad SMARTS) is 1. The molecule has 1 aliphatic rings. The average molecular weight is 434 g/mol. The number of hydrazine groups is 1. The van der Waals surface area contributed by atoms with E-state index in [9.17, 15) is 32.7 Å². The normalized spacial score (nSPS) is 16.5. The first-order valence-electron chi connectivity index (χ1n) is 8.46. The van der Waals surface area contributed by atoms with E-state index >= 15 is 0 Å². The van der Waals surface area contributed by atoms with Gasteiger partial charge in [0.15, 0.2) is 0 Å². The number of halogens is 4. The number of hydrogen-bond donors (Lipinski definition) is 2. The zero-order valence-corrected chi connectivity index (χ0v) is 16.8. The van der Waals surface area contributed by atoms with Crippen LogP contribution in [0.15, 0.2) is 23.3 Å². The van der Waals surface area contributed by atoms with E-state index in [-0.39, 0.29) is 23.4 Å². The topological polar surface area (TPSA) is 99.6 Å². The minimum absolute atomic E-state index is 0.0165. The van der Waals surface area contributed by atoms with Crippen molar-refractivity contribution >= 4 is 35.2 Å². The second kappa shape index (κ2) is 7.66. The molecule has 0 aromatic carbocycles. The molecule has 0 aliphatic carbocycles. The van der Waals surface area contributed by atoms with Gasteiger partial charge in [0, 0.05) is 11.1 Å². The summed E-state index contributed by atoms with van der Waals surface area (Å²) in [5.41, 5.74) is 0.578. The molecule has 11 heteroatoms. The third-order valence-electron chi connectivity index (χ3n) is 4.57. The summed E-state index contributed by atoms with van der Waals surface area (Å²) in [6.07, 6.45) is -4.87. The van der Waals surface area contributed by atoms with Crippen LogP contribution in [0.3, 0.4) is 0 Å². The maximum atomic E-state index is 12.8. The van der Waals surface area contributed by atoms with E-state index in [0.29, 0.717) is 11.1 Å². The molecular formula is C18H19ClF3N3O4. The highest BCUT2D eigenvalue weighted by Crippen LogP contribution is 2.36. The zero-order chi connectivity index (χ0) is 22.3. The van der Waals surface area contributed by atoms with Gasteiger partial charge in [-0.3, -0.25) is 19.8 Å². The van der Waals surface area contributed by atoms with E-state index in [0.717, 1.165) is 6.07 Å². The van der Waals surface area contributed by atoms with Crippen LogP contribution >= 0.6 is 11.6 Å². The van der Waals surface area contributed by atoms with Crippen molar-refractivity contribution in [3.63, 3.8) is 0 Å². The second-order valence-corrected chi connectivity index (χ2v) is 8.01. The molecule has 1 aliphatic heterocycles. The molecule has 1 unspecified atom stereocenters. The number of carbonyl (C=O) groups is 3. The van der Waals surface area contributed by atoms with Gasteiger partial charge >= 0.3 is 12.1 Å². The molecule has 29 heavy (non-hydrogen) atoms. The van der Waals surface area contributed by atoms with Crippen LogP contribution in [0.5, 0.6) is 0 Å². The lowest BCUT2D eigenvalue weighted by molar-refractivity contribution is -0.145. The number of imide groups is 1. The molecule has 0 saturated carbocycles. The molecular weight excluding hydrogens is 415 g/mol. The quantitative estimate of drug-likeness (QED) is 0.539. The van der Waals surface area contributed by atoms with Crippen LogP contribution in [-0.2, 0) is 20.6 Å². The molecule has 0 saturated heterocycles. The summed E-state index contributed by atoms with van der Waals surface area (Å²) in [5.74, 6) is -3.82. The standard InChI is InChI=1S/C18H19ClF3N3O4/c1-8-9(7-11(16(28)29)17(2,3)4)15(27)25(14(8)26)24-12-6-5-10(13(19)23-12)18(20,21)22/h5-6,11H,7H2,1-4H3,(H,23,24)(H,28,29). The van der Waals surface area contributed by atoms with Crippen LogP contribution in [0.2, 0.25) is 5.15 Å². The van der Waals surface area contributed by atoms with Crippen molar-refractivity contribution in [3.8, 4) is 0 Å². The van der Waals surface area contributed by atoms with E-state index in [4.69, 9.17) is 11.6 Å². The number of hydrogen-bond acceptors (Lipinski definition) is 5. The highest BCUT2D eigenvalue weighted by Gasteiger charge is 2.41. The number of carbonyl (C=O) groups excluding carboxylic acids is 2. The molecule has 158 valence electrons. The number of aromatic nitrogens is 1. The average Bonchev–Trinajstić information content (AvgIpc) is 2.74. The Balaban J connectivity index is 2.26. The number of pyridine rings is 1. The number of aliphatic carboxylic acids is 1. The number of carboxylic acids is 1. The first kappa shape index (κ1) is 22.7. The monoisotopic (exact) mass is 433 g/mol. The fourth-order valence-electron chi connectivity index (χ4n) is 2.82. The highest BCUT2D eigenvalue weighted by atomic mass is 35.5. The summed E-state index contributed by atoms with van der Waals surface area (Å²) in [4.78, 5) is 40.2. The van der Waals surface area contributed by atoms with Crippen LogP contribution in [0, 0.1) is 11.3 Å². The van der Waals surface area contributed by atoms with E-state index in [2.05, 4.69) is 10.4 Å². The van der Waals surface area contributed by atoms with Crippen LogP contribution in [-0.4, -0.2) is 32.9 Å². The Bertz CT molecular complexity index is 907. The molecule has 1 atom stereocenters. The van der Waals surface area contributed by atoms with Gasteiger partial charge in [0.2, 0.25) is 0 Å². The predicted molar refractivity (Wildman–Crippen MR) is 97.6 cm³/mol. The van der Waals surface area contributed by atoms with Crippen molar-refractivity contribution in [3.05, 3.63) is 34.0 Å². The molecule has 1 aromatic heterocycles. The molecule has 2 rings (SSSR count). The zero-order valence-electron chi connectivity index (χ0n) is 16.0. The first-order chi connectivity index (χ1) is 13.1. The number of nitrogens with zero attached hydrogens (tertiary/aromatic N) is 2. The Labute approximate surface area is 169 Å². The molecule has 2 heterocycles. The number of alkyl halides is 3. The van der Waals surface area contributed by atoms with Gasteiger partial charge in [-0.2, -0.15) is 18.2 Å². The fourth-order valence-corrected chi connectivity index (χ4v) is 3.08. The summed E-state index contributed by atoms with van der Waals surface area (Å²) in [6.45, 7) is 6.49. The number of rotatable bonds is 5. The second-order valence-electron chi connectivity index (χ2n) is 7.65. The van der Waals surface area contributed by atoms with Crippen molar-refractivity contribution in [1.82, 2.24) is 9.99 Å². The van der Waals surface area contributed by atoms with Crippen LogP contribution in [0.1, 0.15) is 39.7 Å². The molecule has 1 aromatic rings. The number of anilines is 1. The molecule has 0 fully saturated rings. The third-order valence-corrected chi connectivity index (χ3v) is 4.86. The Morgan fingerprint density at radius 2 is 1.83 bits per heavy atom. The number of nitrogens with one attached hydrogen (secondary N) is 1. The Morgan fingerprint density at radius 1 is 1.24 bits per heavy atom. The van der Waals surface area contributed by atoms with Crippen molar-refractivity contribution in [2.24, 2.45) is 11.3 Å². The Morgan fingerprint density at radius 3 is 2.28 bits per heavy atom.